The van der Waals surface area contributed by atoms with Crippen LogP contribution < -0.4 is 18.9 Å². The molecule has 0 unspecified atom stereocenters. The van der Waals surface area contributed by atoms with Crippen LogP contribution in [0, 0.1) is 5.41 Å². The maximum absolute atomic E-state index is 11.5. The first-order valence-corrected chi connectivity index (χ1v) is 24.2. The molecule has 1 aliphatic carbocycles. The van der Waals surface area contributed by atoms with E-state index >= 15 is 0 Å². The third kappa shape index (κ3) is 10.1. The molecule has 0 saturated heterocycles. The number of ether oxygens (including phenoxy) is 2. The van der Waals surface area contributed by atoms with Crippen molar-refractivity contribution >= 4 is 66.8 Å². The normalized spacial score (nSPS) is 16.1. The van der Waals surface area contributed by atoms with E-state index in [2.05, 4.69) is 126 Å². The average Bonchev–Trinajstić information content (AvgIpc) is 3.79. The van der Waals surface area contributed by atoms with Gasteiger partial charge in [-0.3, -0.25) is 0 Å². The Morgan fingerprint density at radius 2 is 1.38 bits per heavy atom. The number of hydrogen-bond donors (Lipinski definition) is 0. The van der Waals surface area contributed by atoms with E-state index in [0.29, 0.717) is 37.1 Å². The standard InChI is InChI=1S/C52H45ClN2O5S3/c1-52(2)34-36(30-50-54(25-27-59-43-17-15-42(53)16-18-43)46-32-40(13-23-48(46)61-50)38-9-5-3-6-10-38)29-37(35-52)31-51-55(26-28-60-44-19-21-45(22-20-44)63(56,57)58)47-33-41(14-24-49(47)62-51)39-11-7-4-8-12-39/h3-24,29-33H,25-28,34-35H2,1-2H3. The zero-order chi connectivity index (χ0) is 43.6. The Kier molecular flexibility index (Phi) is 12.4. The molecular weight excluding hydrogens is 864 g/mol. The van der Waals surface area contributed by atoms with Crippen LogP contribution in [0.15, 0.2) is 184 Å². The number of thiazole rings is 1. The minimum atomic E-state index is -4.54. The molecule has 7 nitrogen and oxygen atoms in total. The maximum atomic E-state index is 11.5. The number of fused-ring (bicyclic) bond motifs is 2. The van der Waals surface area contributed by atoms with Crippen LogP contribution in [0.5, 0.6) is 11.5 Å². The molecule has 0 N–H and O–H groups in total. The summed E-state index contributed by atoms with van der Waals surface area (Å²) in [7, 11) is -4.54. The summed E-state index contributed by atoms with van der Waals surface area (Å²) in [5, 5.41) is 2.96. The second-order valence-corrected chi connectivity index (χ2v) is 20.4. The van der Waals surface area contributed by atoms with E-state index in [1.807, 2.05) is 36.4 Å². The van der Waals surface area contributed by atoms with Crippen molar-refractivity contribution in [2.75, 3.05) is 24.7 Å². The van der Waals surface area contributed by atoms with Crippen LogP contribution in [0.1, 0.15) is 31.7 Å². The number of nitrogens with zero attached hydrogens (tertiary/aromatic N) is 2. The predicted molar refractivity (Wildman–Crippen MR) is 257 cm³/mol. The van der Waals surface area contributed by atoms with Crippen LogP contribution in [-0.2, 0) is 16.7 Å². The van der Waals surface area contributed by atoms with Gasteiger partial charge in [-0.25, -0.2) is 8.42 Å². The molecule has 63 heavy (non-hydrogen) atoms. The summed E-state index contributed by atoms with van der Waals surface area (Å²) in [5.41, 5.74) is 9.45. The highest BCUT2D eigenvalue weighted by atomic mass is 35.5. The lowest BCUT2D eigenvalue weighted by molar-refractivity contribution is -0.669. The van der Waals surface area contributed by atoms with Crippen molar-refractivity contribution in [1.82, 2.24) is 0 Å². The summed E-state index contributed by atoms with van der Waals surface area (Å²) < 4.78 is 50.5. The zero-order valence-corrected chi connectivity index (χ0v) is 38.1. The van der Waals surface area contributed by atoms with Crippen molar-refractivity contribution in [3.63, 3.8) is 0 Å². The van der Waals surface area contributed by atoms with E-state index in [-0.39, 0.29) is 10.3 Å². The quantitative estimate of drug-likeness (QED) is 0.0842. The lowest BCUT2D eigenvalue weighted by Gasteiger charge is -2.31. The van der Waals surface area contributed by atoms with Gasteiger partial charge in [0.15, 0.2) is 6.54 Å². The van der Waals surface area contributed by atoms with Crippen LogP contribution in [0.4, 0.5) is 5.69 Å². The van der Waals surface area contributed by atoms with Gasteiger partial charge in [0, 0.05) is 22.1 Å². The Hall–Kier alpha value is -5.62. The fourth-order valence-corrected chi connectivity index (χ4v) is 11.1. The fraction of sp³-hybridized carbons (Fsp3) is 0.173. The minimum Gasteiger partial charge on any atom is -0.744 e. The molecule has 1 aromatic heterocycles. The van der Waals surface area contributed by atoms with Gasteiger partial charge in [0.1, 0.15) is 39.5 Å². The topological polar surface area (TPSA) is 82.8 Å². The van der Waals surface area contributed by atoms with Gasteiger partial charge in [0.2, 0.25) is 5.52 Å². The number of anilines is 1. The average molecular weight is 910 g/mol. The fourth-order valence-electron chi connectivity index (χ4n) is 8.25. The van der Waals surface area contributed by atoms with Crippen LogP contribution in [0.25, 0.3) is 38.5 Å². The highest BCUT2D eigenvalue weighted by Gasteiger charge is 2.30. The van der Waals surface area contributed by atoms with Crippen LogP contribution in [0.2, 0.25) is 5.02 Å². The van der Waals surface area contributed by atoms with Crippen LogP contribution in [-0.4, -0.2) is 32.7 Å². The van der Waals surface area contributed by atoms with Crippen molar-refractivity contribution in [2.45, 2.75) is 43.0 Å². The van der Waals surface area contributed by atoms with E-state index in [0.717, 1.165) is 40.4 Å². The molecular formula is C52H45ClN2O5S3. The number of halogens is 1. The molecule has 0 amide bonds. The Labute approximate surface area is 382 Å². The van der Waals surface area contributed by atoms with Crippen molar-refractivity contribution in [3.05, 3.63) is 184 Å². The van der Waals surface area contributed by atoms with E-state index in [1.165, 1.54) is 66.7 Å². The number of rotatable bonds is 13. The highest BCUT2D eigenvalue weighted by molar-refractivity contribution is 8.03. The molecule has 0 radical (unpaired) electrons. The van der Waals surface area contributed by atoms with E-state index < -0.39 is 10.1 Å². The van der Waals surface area contributed by atoms with Gasteiger partial charge >= 0.3 is 0 Å². The van der Waals surface area contributed by atoms with Gasteiger partial charge in [0.05, 0.1) is 22.2 Å². The summed E-state index contributed by atoms with van der Waals surface area (Å²) in [5.74, 6) is 1.28. The third-order valence-electron chi connectivity index (χ3n) is 11.1. The first kappa shape index (κ1) is 42.7. The summed E-state index contributed by atoms with van der Waals surface area (Å²) in [4.78, 5) is 3.21. The van der Waals surface area contributed by atoms with Crippen molar-refractivity contribution in [1.29, 1.82) is 0 Å². The minimum absolute atomic E-state index is 0.0148. The third-order valence-corrected chi connectivity index (χ3v) is 14.4. The summed E-state index contributed by atoms with van der Waals surface area (Å²) in [6.45, 7) is 6.74. The Morgan fingerprint density at radius 3 is 2.06 bits per heavy atom. The molecule has 0 spiro atoms. The first-order valence-electron chi connectivity index (χ1n) is 20.8. The number of hydrogen-bond acceptors (Lipinski definition) is 8. The Bertz CT molecular complexity index is 2980. The zero-order valence-electron chi connectivity index (χ0n) is 34.9. The number of thioether (sulfide) groups is 1. The van der Waals surface area contributed by atoms with E-state index in [4.69, 9.17) is 21.1 Å². The SMILES string of the molecule is CC1(C)CC(C=C2Sc3ccc(-c4ccccc4)cc3N2CCOc2ccc(S(=O)(=O)[O-])cc2)=CC(=Cc2sc3ccc(-c4ccccc4)cc3[n+]2CCOc2ccc(Cl)cc2)C1. The maximum Gasteiger partial charge on any atom is 0.263 e. The number of allylic oxidation sites excluding steroid dienone is 4. The summed E-state index contributed by atoms with van der Waals surface area (Å²) in [6, 6.07) is 47.4. The molecule has 0 saturated carbocycles. The van der Waals surface area contributed by atoms with E-state index in [9.17, 15) is 13.0 Å². The van der Waals surface area contributed by atoms with Gasteiger partial charge in [-0.2, -0.15) is 4.57 Å². The molecule has 7 aromatic rings. The largest absolute Gasteiger partial charge is 0.744 e. The van der Waals surface area contributed by atoms with Crippen LogP contribution >= 0.6 is 34.7 Å². The molecule has 6 aromatic carbocycles. The lowest BCUT2D eigenvalue weighted by atomic mass is 9.75. The molecule has 0 bridgehead atoms. The second kappa shape index (κ2) is 18.2. The lowest BCUT2D eigenvalue weighted by Crippen LogP contribution is -2.38. The Morgan fingerprint density at radius 1 is 0.746 bits per heavy atom. The molecule has 318 valence electrons. The summed E-state index contributed by atoms with van der Waals surface area (Å²) in [6.07, 6.45) is 8.92. The molecule has 9 rings (SSSR count). The second-order valence-electron chi connectivity index (χ2n) is 16.5. The molecule has 1 aliphatic heterocycles. The van der Waals surface area contributed by atoms with Gasteiger partial charge in [-0.15, -0.1) is 0 Å². The molecule has 0 fully saturated rings. The van der Waals surface area contributed by atoms with Crippen molar-refractivity contribution in [3.8, 4) is 33.8 Å². The monoisotopic (exact) mass is 908 g/mol. The molecule has 0 atom stereocenters. The highest BCUT2D eigenvalue weighted by Crippen LogP contribution is 2.49. The molecule has 2 heterocycles. The van der Waals surface area contributed by atoms with Gasteiger partial charge in [-0.1, -0.05) is 127 Å². The van der Waals surface area contributed by atoms with Gasteiger partial charge < -0.3 is 18.9 Å². The molecule has 11 heteroatoms. The first-order chi connectivity index (χ1) is 30.4. The Balaban J connectivity index is 1.05. The summed E-state index contributed by atoms with van der Waals surface area (Å²) >= 11 is 9.72. The van der Waals surface area contributed by atoms with Crippen molar-refractivity contribution in [2.24, 2.45) is 5.41 Å². The van der Waals surface area contributed by atoms with Gasteiger partial charge in [-0.05, 0) is 124 Å². The van der Waals surface area contributed by atoms with E-state index in [1.54, 1.807) is 23.1 Å². The predicted octanol–water partition coefficient (Wildman–Crippen LogP) is 12.8. The number of benzene rings is 6. The smallest absolute Gasteiger partial charge is 0.263 e. The number of aromatic nitrogens is 1. The van der Waals surface area contributed by atoms with Crippen molar-refractivity contribution < 1.29 is 27.0 Å². The van der Waals surface area contributed by atoms with Gasteiger partial charge in [0.25, 0.3) is 5.01 Å². The molecule has 2 aliphatic rings. The van der Waals surface area contributed by atoms with Crippen LogP contribution in [0.3, 0.4) is 0 Å².